The maximum atomic E-state index is 13.3. The molecule has 0 bridgehead atoms. The van der Waals surface area contributed by atoms with E-state index >= 15 is 0 Å². The number of carbonyl (C=O) groups excluding carboxylic acids is 2. The van der Waals surface area contributed by atoms with E-state index in [2.05, 4.69) is 15.5 Å². The predicted molar refractivity (Wildman–Crippen MR) is 112 cm³/mol. The lowest BCUT2D eigenvalue weighted by Crippen LogP contribution is -2.65. The van der Waals surface area contributed by atoms with Gasteiger partial charge in [0.2, 0.25) is 5.91 Å². The van der Waals surface area contributed by atoms with Crippen LogP contribution in [0.3, 0.4) is 0 Å². The van der Waals surface area contributed by atoms with Crippen LogP contribution in [0, 0.1) is 5.41 Å². The van der Waals surface area contributed by atoms with Crippen LogP contribution in [-0.4, -0.2) is 47.1 Å². The van der Waals surface area contributed by atoms with Crippen molar-refractivity contribution >= 4 is 11.8 Å². The molecule has 0 saturated carbocycles. The number of hydrogen-bond donors (Lipinski definition) is 2. The molecule has 2 N–H and O–H groups in total. The van der Waals surface area contributed by atoms with Crippen molar-refractivity contribution in [1.82, 2.24) is 20.4 Å². The molecule has 3 aromatic rings. The monoisotopic (exact) mass is 404 g/mol. The Morgan fingerprint density at radius 1 is 1.13 bits per heavy atom. The Morgan fingerprint density at radius 3 is 2.57 bits per heavy atom. The van der Waals surface area contributed by atoms with E-state index in [1.54, 1.807) is 18.2 Å². The van der Waals surface area contributed by atoms with Gasteiger partial charge in [-0.2, -0.15) is 5.10 Å². The minimum absolute atomic E-state index is 0.0616. The Labute approximate surface area is 175 Å². The molecule has 7 heteroatoms. The van der Waals surface area contributed by atoms with Gasteiger partial charge in [0.1, 0.15) is 5.75 Å². The molecule has 2 aromatic carbocycles. The molecule has 0 unspecified atom stereocenters. The number of para-hydroxylation sites is 1. The summed E-state index contributed by atoms with van der Waals surface area (Å²) in [5.41, 5.74) is 1.81. The maximum Gasteiger partial charge on any atom is 0.257 e. The fourth-order valence-corrected chi connectivity index (χ4v) is 3.91. The summed E-state index contributed by atoms with van der Waals surface area (Å²) >= 11 is 0. The second-order valence-corrected chi connectivity index (χ2v) is 7.59. The number of nitrogens with one attached hydrogen (secondary N) is 2. The number of methoxy groups -OCH3 is 1. The lowest BCUT2D eigenvalue weighted by atomic mass is 9.73. The molecule has 154 valence electrons. The molecular weight excluding hydrogens is 380 g/mol. The lowest BCUT2D eigenvalue weighted by Gasteiger charge is -2.49. The summed E-state index contributed by atoms with van der Waals surface area (Å²) < 4.78 is 5.38. The number of amides is 2. The van der Waals surface area contributed by atoms with Crippen molar-refractivity contribution in [1.29, 1.82) is 0 Å². The summed E-state index contributed by atoms with van der Waals surface area (Å²) in [6, 6.07) is 17.5. The SMILES string of the molecule is COc1ccccc1CNC(=O)C1(Cc2ccccc2)CN(C(=O)c2cn[nH]c2)C1. The van der Waals surface area contributed by atoms with Gasteiger partial charge in [0.15, 0.2) is 0 Å². The first-order chi connectivity index (χ1) is 14.6. The van der Waals surface area contributed by atoms with Crippen molar-refractivity contribution in [2.45, 2.75) is 13.0 Å². The summed E-state index contributed by atoms with van der Waals surface area (Å²) in [5, 5.41) is 9.55. The minimum atomic E-state index is -0.664. The van der Waals surface area contributed by atoms with E-state index in [9.17, 15) is 9.59 Å². The molecule has 2 heterocycles. The Kier molecular flexibility index (Phi) is 5.52. The average Bonchev–Trinajstić information content (AvgIpc) is 3.29. The van der Waals surface area contributed by atoms with Crippen LogP contribution in [0.25, 0.3) is 0 Å². The van der Waals surface area contributed by atoms with Crippen LogP contribution in [0.1, 0.15) is 21.5 Å². The van der Waals surface area contributed by atoms with E-state index in [4.69, 9.17) is 4.74 Å². The number of carbonyl (C=O) groups is 2. The summed E-state index contributed by atoms with van der Waals surface area (Å²) in [6.07, 6.45) is 3.64. The van der Waals surface area contributed by atoms with Crippen molar-refractivity contribution in [2.75, 3.05) is 20.2 Å². The van der Waals surface area contributed by atoms with Crippen LogP contribution in [0.4, 0.5) is 0 Å². The number of ether oxygens (including phenoxy) is 1. The van der Waals surface area contributed by atoms with Crippen molar-refractivity contribution in [3.63, 3.8) is 0 Å². The van der Waals surface area contributed by atoms with E-state index < -0.39 is 5.41 Å². The molecule has 1 aliphatic rings. The minimum Gasteiger partial charge on any atom is -0.496 e. The first kappa shape index (κ1) is 19.7. The number of aromatic amines is 1. The van der Waals surface area contributed by atoms with E-state index in [0.717, 1.165) is 16.9 Å². The number of likely N-dealkylation sites (tertiary alicyclic amines) is 1. The van der Waals surface area contributed by atoms with Crippen LogP contribution in [0.5, 0.6) is 5.75 Å². The largest absolute Gasteiger partial charge is 0.496 e. The van der Waals surface area contributed by atoms with Gasteiger partial charge in [-0.25, -0.2) is 0 Å². The zero-order valence-electron chi connectivity index (χ0n) is 16.8. The molecule has 1 saturated heterocycles. The highest BCUT2D eigenvalue weighted by molar-refractivity contribution is 5.96. The molecule has 0 spiro atoms. The van der Waals surface area contributed by atoms with E-state index in [1.165, 1.54) is 6.20 Å². The normalized spacial score (nSPS) is 14.6. The molecule has 1 aliphatic heterocycles. The summed E-state index contributed by atoms with van der Waals surface area (Å²) in [4.78, 5) is 27.6. The van der Waals surface area contributed by atoms with Crippen LogP contribution < -0.4 is 10.1 Å². The highest BCUT2D eigenvalue weighted by Gasteiger charge is 2.51. The maximum absolute atomic E-state index is 13.3. The third kappa shape index (κ3) is 3.91. The van der Waals surface area contributed by atoms with Gasteiger partial charge in [-0.15, -0.1) is 0 Å². The number of rotatable bonds is 7. The Hall–Kier alpha value is -3.61. The van der Waals surface area contributed by atoms with Gasteiger partial charge in [0.25, 0.3) is 5.91 Å². The summed E-state index contributed by atoms with van der Waals surface area (Å²) in [6.45, 7) is 1.10. The zero-order valence-corrected chi connectivity index (χ0v) is 16.8. The fraction of sp³-hybridized carbons (Fsp3) is 0.261. The van der Waals surface area contributed by atoms with Gasteiger partial charge in [0, 0.05) is 31.4 Å². The highest BCUT2D eigenvalue weighted by Crippen LogP contribution is 2.36. The third-order valence-electron chi connectivity index (χ3n) is 5.52. The molecule has 2 amide bonds. The number of H-pyrrole nitrogens is 1. The molecule has 4 rings (SSSR count). The van der Waals surface area contributed by atoms with Gasteiger partial charge in [-0.3, -0.25) is 14.7 Å². The topological polar surface area (TPSA) is 87.3 Å². The van der Waals surface area contributed by atoms with Crippen LogP contribution in [-0.2, 0) is 17.8 Å². The van der Waals surface area contributed by atoms with E-state index in [0.29, 0.717) is 31.6 Å². The second-order valence-electron chi connectivity index (χ2n) is 7.59. The standard InChI is InChI=1S/C23H24N4O3/c1-30-20-10-6-5-9-18(20)12-24-22(29)23(11-17-7-3-2-4-8-17)15-27(16-23)21(28)19-13-25-26-14-19/h2-10,13-14H,11-12,15-16H2,1H3,(H,24,29)(H,25,26). The first-order valence-electron chi connectivity index (χ1n) is 9.83. The number of benzene rings is 2. The van der Waals surface area contributed by atoms with Crippen molar-refractivity contribution < 1.29 is 14.3 Å². The van der Waals surface area contributed by atoms with Gasteiger partial charge in [0.05, 0.1) is 24.3 Å². The third-order valence-corrected chi connectivity index (χ3v) is 5.52. The van der Waals surface area contributed by atoms with Crippen molar-refractivity contribution in [2.24, 2.45) is 5.41 Å². The smallest absolute Gasteiger partial charge is 0.257 e. The molecule has 0 aliphatic carbocycles. The number of hydrogen-bond acceptors (Lipinski definition) is 4. The van der Waals surface area contributed by atoms with Crippen molar-refractivity contribution in [3.05, 3.63) is 83.7 Å². The zero-order chi connectivity index (χ0) is 21.0. The van der Waals surface area contributed by atoms with Crippen LogP contribution >= 0.6 is 0 Å². The molecule has 1 fully saturated rings. The highest BCUT2D eigenvalue weighted by atomic mass is 16.5. The molecule has 0 atom stereocenters. The van der Waals surface area contributed by atoms with Gasteiger partial charge in [-0.05, 0) is 18.1 Å². The molecule has 30 heavy (non-hydrogen) atoms. The fourth-order valence-electron chi connectivity index (χ4n) is 3.91. The predicted octanol–water partition coefficient (Wildman–Crippen LogP) is 2.42. The molecule has 0 radical (unpaired) electrons. The Bertz CT molecular complexity index is 1010. The van der Waals surface area contributed by atoms with Crippen LogP contribution in [0.15, 0.2) is 67.0 Å². The summed E-state index contributed by atoms with van der Waals surface area (Å²) in [5.74, 6) is 0.554. The lowest BCUT2D eigenvalue weighted by molar-refractivity contribution is -0.139. The second kappa shape index (κ2) is 8.41. The molecule has 1 aromatic heterocycles. The molecular formula is C23H24N4O3. The Morgan fingerprint density at radius 2 is 1.87 bits per heavy atom. The first-order valence-corrected chi connectivity index (χ1v) is 9.83. The van der Waals surface area contributed by atoms with E-state index in [1.807, 2.05) is 54.6 Å². The van der Waals surface area contributed by atoms with E-state index in [-0.39, 0.29) is 11.8 Å². The van der Waals surface area contributed by atoms with Gasteiger partial charge in [-0.1, -0.05) is 48.5 Å². The van der Waals surface area contributed by atoms with Crippen molar-refractivity contribution in [3.8, 4) is 5.75 Å². The number of nitrogens with zero attached hydrogens (tertiary/aromatic N) is 2. The van der Waals surface area contributed by atoms with Gasteiger partial charge < -0.3 is 15.0 Å². The van der Waals surface area contributed by atoms with Crippen LogP contribution in [0.2, 0.25) is 0 Å². The average molecular weight is 404 g/mol. The summed E-state index contributed by atoms with van der Waals surface area (Å²) in [7, 11) is 1.61. The number of aromatic nitrogens is 2. The quantitative estimate of drug-likeness (QED) is 0.633. The molecule has 7 nitrogen and oxygen atoms in total. The van der Waals surface area contributed by atoms with Gasteiger partial charge >= 0.3 is 0 Å². The Balaban J connectivity index is 1.49.